The first-order valence-electron chi connectivity index (χ1n) is 7.83. The Kier molecular flexibility index (Phi) is 4.19. The van der Waals surface area contributed by atoms with Gasteiger partial charge in [0.1, 0.15) is 0 Å². The van der Waals surface area contributed by atoms with Gasteiger partial charge in [0.25, 0.3) is 5.89 Å². The molecule has 4 rings (SSSR count). The van der Waals surface area contributed by atoms with E-state index in [1.165, 1.54) is 5.69 Å². The Morgan fingerprint density at radius 2 is 1.71 bits per heavy atom. The van der Waals surface area contributed by atoms with Crippen LogP contribution in [0.25, 0.3) is 22.8 Å². The molecule has 2 heterocycles. The highest BCUT2D eigenvalue weighted by atomic mass is 35.5. The van der Waals surface area contributed by atoms with Gasteiger partial charge in [-0.25, -0.2) is 0 Å². The average Bonchev–Trinajstić information content (AvgIpc) is 3.13. The zero-order valence-corrected chi connectivity index (χ0v) is 13.7. The molecule has 0 radical (unpaired) electrons. The van der Waals surface area contributed by atoms with Gasteiger partial charge in [0.2, 0.25) is 5.82 Å². The Labute approximate surface area is 144 Å². The maximum atomic E-state index is 6.18. The lowest BCUT2D eigenvalue weighted by Gasteiger charge is -2.28. The molecule has 24 heavy (non-hydrogen) atoms. The third-order valence-corrected chi connectivity index (χ3v) is 4.36. The summed E-state index contributed by atoms with van der Waals surface area (Å²) in [5, 5.41) is 4.66. The van der Waals surface area contributed by atoms with Crippen molar-refractivity contribution in [2.75, 3.05) is 31.2 Å². The van der Waals surface area contributed by atoms with Gasteiger partial charge in [0, 0.05) is 24.3 Å². The van der Waals surface area contributed by atoms with Crippen LogP contribution in [0.2, 0.25) is 5.02 Å². The summed E-state index contributed by atoms with van der Waals surface area (Å²) in [6, 6.07) is 15.6. The number of hydrogen-bond donors (Lipinski definition) is 0. The van der Waals surface area contributed by atoms with E-state index in [-0.39, 0.29) is 0 Å². The highest BCUT2D eigenvalue weighted by Crippen LogP contribution is 2.28. The monoisotopic (exact) mass is 341 g/mol. The number of anilines is 1. The van der Waals surface area contributed by atoms with Gasteiger partial charge in [-0.05, 0) is 36.4 Å². The van der Waals surface area contributed by atoms with Gasteiger partial charge in [-0.15, -0.1) is 0 Å². The van der Waals surface area contributed by atoms with Crippen LogP contribution in [0.5, 0.6) is 0 Å². The lowest BCUT2D eigenvalue weighted by atomic mass is 10.1. The summed E-state index contributed by atoms with van der Waals surface area (Å²) in [5.74, 6) is 0.978. The average molecular weight is 342 g/mol. The maximum absolute atomic E-state index is 6.18. The van der Waals surface area contributed by atoms with Crippen LogP contribution >= 0.6 is 11.6 Å². The third kappa shape index (κ3) is 3.00. The van der Waals surface area contributed by atoms with E-state index in [9.17, 15) is 0 Å². The van der Waals surface area contributed by atoms with Crippen LogP contribution in [0.1, 0.15) is 0 Å². The van der Waals surface area contributed by atoms with Crippen molar-refractivity contribution in [3.63, 3.8) is 0 Å². The van der Waals surface area contributed by atoms with Gasteiger partial charge in [-0.3, -0.25) is 0 Å². The number of hydrogen-bond acceptors (Lipinski definition) is 5. The van der Waals surface area contributed by atoms with Crippen LogP contribution < -0.4 is 4.90 Å². The summed E-state index contributed by atoms with van der Waals surface area (Å²) in [4.78, 5) is 6.76. The van der Waals surface area contributed by atoms with Gasteiger partial charge in [0.15, 0.2) is 0 Å². The smallest absolute Gasteiger partial charge is 0.259 e. The van der Waals surface area contributed by atoms with E-state index in [0.29, 0.717) is 16.7 Å². The number of morpholine rings is 1. The quantitative estimate of drug-likeness (QED) is 0.723. The molecule has 1 aliphatic rings. The molecule has 0 aliphatic carbocycles. The van der Waals surface area contributed by atoms with Crippen LogP contribution in [-0.2, 0) is 4.74 Å². The fraction of sp³-hybridized carbons (Fsp3) is 0.222. The second-order valence-electron chi connectivity index (χ2n) is 5.55. The molecular weight excluding hydrogens is 326 g/mol. The largest absolute Gasteiger partial charge is 0.378 e. The molecule has 5 nitrogen and oxygen atoms in total. The van der Waals surface area contributed by atoms with Crippen LogP contribution in [0.15, 0.2) is 53.1 Å². The van der Waals surface area contributed by atoms with E-state index in [0.717, 1.165) is 37.4 Å². The van der Waals surface area contributed by atoms with E-state index >= 15 is 0 Å². The lowest BCUT2D eigenvalue weighted by molar-refractivity contribution is 0.122. The maximum Gasteiger partial charge on any atom is 0.259 e. The Morgan fingerprint density at radius 3 is 2.46 bits per heavy atom. The fourth-order valence-electron chi connectivity index (χ4n) is 2.73. The molecule has 0 amide bonds. The molecule has 0 unspecified atom stereocenters. The number of halogens is 1. The zero-order valence-electron chi connectivity index (χ0n) is 13.0. The molecule has 2 aromatic carbocycles. The Bertz CT molecular complexity index is 826. The second kappa shape index (κ2) is 6.63. The van der Waals surface area contributed by atoms with Crippen molar-refractivity contribution in [1.82, 2.24) is 10.1 Å². The zero-order chi connectivity index (χ0) is 16.4. The first kappa shape index (κ1) is 15.2. The Morgan fingerprint density at radius 1 is 0.958 bits per heavy atom. The van der Waals surface area contributed by atoms with Crippen molar-refractivity contribution in [3.05, 3.63) is 53.6 Å². The van der Waals surface area contributed by atoms with E-state index < -0.39 is 0 Å². The minimum Gasteiger partial charge on any atom is -0.378 e. The molecule has 1 saturated heterocycles. The van der Waals surface area contributed by atoms with Gasteiger partial charge < -0.3 is 14.2 Å². The first-order valence-corrected chi connectivity index (χ1v) is 8.21. The number of ether oxygens (including phenoxy) is 1. The van der Waals surface area contributed by atoms with E-state index in [1.807, 2.05) is 30.3 Å². The molecular formula is C18H16ClN3O2. The van der Waals surface area contributed by atoms with E-state index in [4.69, 9.17) is 20.9 Å². The summed E-state index contributed by atoms with van der Waals surface area (Å²) in [6.45, 7) is 3.37. The molecule has 6 heteroatoms. The summed E-state index contributed by atoms with van der Waals surface area (Å²) in [6.07, 6.45) is 0. The Hall–Kier alpha value is -2.37. The fourth-order valence-corrected chi connectivity index (χ4v) is 2.94. The predicted octanol–water partition coefficient (Wildman–Crippen LogP) is 3.89. The second-order valence-corrected chi connectivity index (χ2v) is 5.96. The summed E-state index contributed by atoms with van der Waals surface area (Å²) < 4.78 is 10.7. The molecule has 0 spiro atoms. The number of aromatic nitrogens is 2. The van der Waals surface area contributed by atoms with Crippen LogP contribution in [0.4, 0.5) is 5.69 Å². The third-order valence-electron chi connectivity index (χ3n) is 4.03. The van der Waals surface area contributed by atoms with E-state index in [1.54, 1.807) is 6.07 Å². The molecule has 1 fully saturated rings. The summed E-state index contributed by atoms with van der Waals surface area (Å²) in [7, 11) is 0. The summed E-state index contributed by atoms with van der Waals surface area (Å²) in [5.41, 5.74) is 2.83. The van der Waals surface area contributed by atoms with Crippen molar-refractivity contribution < 1.29 is 9.26 Å². The molecule has 1 aliphatic heterocycles. The van der Waals surface area contributed by atoms with Crippen molar-refractivity contribution in [3.8, 4) is 22.8 Å². The minimum absolute atomic E-state index is 0.424. The van der Waals surface area contributed by atoms with Crippen LogP contribution in [0.3, 0.4) is 0 Å². The van der Waals surface area contributed by atoms with Gasteiger partial charge in [-0.2, -0.15) is 4.98 Å². The standard InChI is InChI=1S/C18H16ClN3O2/c19-16-4-2-1-3-15(16)18-20-17(21-24-18)13-5-7-14(8-6-13)22-9-11-23-12-10-22/h1-8H,9-12H2. The summed E-state index contributed by atoms with van der Waals surface area (Å²) >= 11 is 6.18. The first-order chi connectivity index (χ1) is 11.8. The molecule has 0 bridgehead atoms. The van der Waals surface area contributed by atoms with Gasteiger partial charge >= 0.3 is 0 Å². The topological polar surface area (TPSA) is 51.4 Å². The van der Waals surface area contributed by atoms with Crippen LogP contribution in [-0.4, -0.2) is 36.4 Å². The van der Waals surface area contributed by atoms with Crippen molar-refractivity contribution in [2.24, 2.45) is 0 Å². The van der Waals surface area contributed by atoms with E-state index in [2.05, 4.69) is 27.2 Å². The normalized spacial score (nSPS) is 14.8. The molecule has 0 N–H and O–H groups in total. The highest BCUT2D eigenvalue weighted by Gasteiger charge is 2.14. The Balaban J connectivity index is 1.57. The molecule has 1 aromatic heterocycles. The predicted molar refractivity (Wildman–Crippen MR) is 93.2 cm³/mol. The van der Waals surface area contributed by atoms with Crippen molar-refractivity contribution in [2.45, 2.75) is 0 Å². The number of rotatable bonds is 3. The van der Waals surface area contributed by atoms with Crippen LogP contribution in [0, 0.1) is 0 Å². The molecule has 122 valence electrons. The number of nitrogens with zero attached hydrogens (tertiary/aromatic N) is 3. The highest BCUT2D eigenvalue weighted by molar-refractivity contribution is 6.33. The van der Waals surface area contributed by atoms with Crippen molar-refractivity contribution >= 4 is 17.3 Å². The van der Waals surface area contributed by atoms with Gasteiger partial charge in [0.05, 0.1) is 23.8 Å². The molecule has 0 saturated carbocycles. The minimum atomic E-state index is 0.424. The van der Waals surface area contributed by atoms with Gasteiger partial charge in [-0.1, -0.05) is 28.9 Å². The SMILES string of the molecule is Clc1ccccc1-c1nc(-c2ccc(N3CCOCC3)cc2)no1. The van der Waals surface area contributed by atoms with Crippen molar-refractivity contribution in [1.29, 1.82) is 0 Å². The molecule has 3 aromatic rings. The number of benzene rings is 2. The lowest BCUT2D eigenvalue weighted by Crippen LogP contribution is -2.36. The molecule has 0 atom stereocenters.